The van der Waals surface area contributed by atoms with Gasteiger partial charge in [0.25, 0.3) is 0 Å². The number of rotatable bonds is 3. The van der Waals surface area contributed by atoms with Crippen molar-refractivity contribution in [2.24, 2.45) is 11.7 Å². The summed E-state index contributed by atoms with van der Waals surface area (Å²) in [5.74, 6) is 0.811. The monoisotopic (exact) mass is 216 g/mol. The number of carbonyl (C=O) groups excluding carboxylic acids is 2. The molecule has 2 N–H and O–H groups in total. The summed E-state index contributed by atoms with van der Waals surface area (Å²) in [7, 11) is 0. The first-order chi connectivity index (χ1) is 6.57. The quantitative estimate of drug-likeness (QED) is 0.678. The average Bonchev–Trinajstić information content (AvgIpc) is 2.10. The van der Waals surface area contributed by atoms with Gasteiger partial charge in [0.2, 0.25) is 11.8 Å². The second-order valence-electron chi connectivity index (χ2n) is 3.70. The third kappa shape index (κ3) is 2.27. The second kappa shape index (κ2) is 4.79. The third-order valence-electron chi connectivity index (χ3n) is 2.33. The first-order valence-electron chi connectivity index (χ1n) is 4.70. The minimum Gasteiger partial charge on any atom is -0.328 e. The summed E-state index contributed by atoms with van der Waals surface area (Å²) in [4.78, 5) is 24.4. The molecular weight excluding hydrogens is 200 g/mol. The third-order valence-corrected chi connectivity index (χ3v) is 3.23. The van der Waals surface area contributed by atoms with E-state index in [4.69, 9.17) is 5.73 Å². The highest BCUT2D eigenvalue weighted by molar-refractivity contribution is 8.00. The molecule has 0 aromatic carbocycles. The highest BCUT2D eigenvalue weighted by atomic mass is 32.2. The maximum Gasteiger partial charge on any atom is 0.239 e. The minimum atomic E-state index is -0.143. The largest absolute Gasteiger partial charge is 0.328 e. The van der Waals surface area contributed by atoms with E-state index in [1.165, 1.54) is 16.7 Å². The van der Waals surface area contributed by atoms with Crippen LogP contribution >= 0.6 is 11.8 Å². The molecule has 1 saturated heterocycles. The van der Waals surface area contributed by atoms with Crippen LogP contribution in [0.5, 0.6) is 0 Å². The summed E-state index contributed by atoms with van der Waals surface area (Å²) in [6.07, 6.45) is 0. The number of amides is 2. The first kappa shape index (κ1) is 11.5. The standard InChI is InChI=1S/C9H16N2O2S/c1-6(2)7(3-10)11-8(12)4-14-5-9(11)13/h6-7H,3-5,10H2,1-2H3. The molecule has 0 saturated carbocycles. The van der Waals surface area contributed by atoms with E-state index in [1.807, 2.05) is 13.8 Å². The van der Waals surface area contributed by atoms with Crippen LogP contribution in [0.1, 0.15) is 13.8 Å². The minimum absolute atomic E-state index is 0.101. The van der Waals surface area contributed by atoms with E-state index >= 15 is 0 Å². The fourth-order valence-electron chi connectivity index (χ4n) is 1.55. The Bertz CT molecular complexity index is 227. The second-order valence-corrected chi connectivity index (χ2v) is 4.68. The first-order valence-corrected chi connectivity index (χ1v) is 5.86. The van der Waals surface area contributed by atoms with Gasteiger partial charge in [0.05, 0.1) is 17.5 Å². The zero-order valence-corrected chi connectivity index (χ0v) is 9.34. The molecule has 4 nitrogen and oxygen atoms in total. The van der Waals surface area contributed by atoms with Gasteiger partial charge in [-0.3, -0.25) is 14.5 Å². The number of hydrogen-bond acceptors (Lipinski definition) is 4. The van der Waals surface area contributed by atoms with E-state index in [0.717, 1.165) is 0 Å². The number of thioether (sulfide) groups is 1. The van der Waals surface area contributed by atoms with Crippen molar-refractivity contribution in [1.29, 1.82) is 0 Å². The molecule has 0 aromatic rings. The molecule has 0 aromatic heterocycles. The van der Waals surface area contributed by atoms with E-state index in [2.05, 4.69) is 0 Å². The van der Waals surface area contributed by atoms with Gasteiger partial charge in [-0.2, -0.15) is 0 Å². The summed E-state index contributed by atoms with van der Waals surface area (Å²) in [6.45, 7) is 4.29. The molecule has 1 heterocycles. The molecule has 2 amide bonds. The van der Waals surface area contributed by atoms with Crippen LogP contribution in [0.3, 0.4) is 0 Å². The van der Waals surface area contributed by atoms with Crippen molar-refractivity contribution in [3.05, 3.63) is 0 Å². The van der Waals surface area contributed by atoms with Gasteiger partial charge in [0.15, 0.2) is 0 Å². The zero-order valence-electron chi connectivity index (χ0n) is 8.53. The number of nitrogens with two attached hydrogens (primary N) is 1. The van der Waals surface area contributed by atoms with Gasteiger partial charge in [-0.05, 0) is 5.92 Å². The van der Waals surface area contributed by atoms with Gasteiger partial charge >= 0.3 is 0 Å². The molecule has 0 bridgehead atoms. The Morgan fingerprint density at radius 2 is 1.86 bits per heavy atom. The molecule has 1 atom stereocenters. The van der Waals surface area contributed by atoms with Crippen LogP contribution in [-0.4, -0.2) is 40.8 Å². The Labute approximate surface area is 88.2 Å². The average molecular weight is 216 g/mol. The maximum atomic E-state index is 11.5. The Hall–Kier alpha value is -0.550. The van der Waals surface area contributed by atoms with Crippen molar-refractivity contribution in [1.82, 2.24) is 4.90 Å². The fourth-order valence-corrected chi connectivity index (χ4v) is 2.28. The van der Waals surface area contributed by atoms with Gasteiger partial charge in [-0.25, -0.2) is 0 Å². The molecular formula is C9H16N2O2S. The SMILES string of the molecule is CC(C)C(CN)N1C(=O)CSCC1=O. The predicted molar refractivity (Wildman–Crippen MR) is 56.9 cm³/mol. The Morgan fingerprint density at radius 3 is 2.21 bits per heavy atom. The van der Waals surface area contributed by atoms with E-state index in [0.29, 0.717) is 18.1 Å². The van der Waals surface area contributed by atoms with Crippen molar-refractivity contribution >= 4 is 23.6 Å². The molecule has 80 valence electrons. The van der Waals surface area contributed by atoms with E-state index in [1.54, 1.807) is 0 Å². The molecule has 5 heteroatoms. The Balaban J connectivity index is 2.80. The lowest BCUT2D eigenvalue weighted by Gasteiger charge is -2.34. The van der Waals surface area contributed by atoms with Crippen molar-refractivity contribution < 1.29 is 9.59 Å². The number of imide groups is 1. The molecule has 0 spiro atoms. The van der Waals surface area contributed by atoms with E-state index < -0.39 is 0 Å². The number of hydrogen-bond donors (Lipinski definition) is 1. The summed E-state index contributed by atoms with van der Waals surface area (Å²) < 4.78 is 0. The van der Waals surface area contributed by atoms with Crippen molar-refractivity contribution in [3.8, 4) is 0 Å². The van der Waals surface area contributed by atoms with Crippen LogP contribution in [0.2, 0.25) is 0 Å². The van der Waals surface area contributed by atoms with Crippen molar-refractivity contribution in [3.63, 3.8) is 0 Å². The smallest absolute Gasteiger partial charge is 0.239 e. The van der Waals surface area contributed by atoms with Crippen molar-refractivity contribution in [2.45, 2.75) is 19.9 Å². The van der Waals surface area contributed by atoms with Gasteiger partial charge < -0.3 is 5.73 Å². The molecule has 1 fully saturated rings. The van der Waals surface area contributed by atoms with Crippen LogP contribution in [0.25, 0.3) is 0 Å². The maximum absolute atomic E-state index is 11.5. The lowest BCUT2D eigenvalue weighted by atomic mass is 10.0. The van der Waals surface area contributed by atoms with Crippen LogP contribution in [-0.2, 0) is 9.59 Å². The summed E-state index contributed by atoms with van der Waals surface area (Å²) >= 11 is 1.37. The molecule has 14 heavy (non-hydrogen) atoms. The molecule has 0 aliphatic carbocycles. The molecule has 0 radical (unpaired) electrons. The van der Waals surface area contributed by atoms with Gasteiger partial charge in [0.1, 0.15) is 0 Å². The molecule has 1 rings (SSSR count). The van der Waals surface area contributed by atoms with Gasteiger partial charge in [0, 0.05) is 6.54 Å². The van der Waals surface area contributed by atoms with Gasteiger partial charge in [-0.15, -0.1) is 11.8 Å². The number of carbonyl (C=O) groups is 2. The highest BCUT2D eigenvalue weighted by Crippen LogP contribution is 2.18. The normalized spacial score (nSPS) is 20.4. The topological polar surface area (TPSA) is 63.4 Å². The van der Waals surface area contributed by atoms with Crippen LogP contribution in [0.15, 0.2) is 0 Å². The molecule has 1 aliphatic heterocycles. The lowest BCUT2D eigenvalue weighted by molar-refractivity contribution is -0.145. The van der Waals surface area contributed by atoms with Crippen molar-refractivity contribution in [2.75, 3.05) is 18.1 Å². The van der Waals surface area contributed by atoms with Crippen LogP contribution < -0.4 is 5.73 Å². The van der Waals surface area contributed by atoms with Crippen LogP contribution in [0, 0.1) is 5.92 Å². The Kier molecular flexibility index (Phi) is 3.95. The predicted octanol–water partition coefficient (Wildman–Crippen LogP) is 0.0717. The van der Waals surface area contributed by atoms with Crippen LogP contribution in [0.4, 0.5) is 0 Å². The van der Waals surface area contributed by atoms with Gasteiger partial charge in [-0.1, -0.05) is 13.8 Å². The lowest BCUT2D eigenvalue weighted by Crippen LogP contribution is -2.54. The number of nitrogens with zero attached hydrogens (tertiary/aromatic N) is 1. The summed E-state index contributed by atoms with van der Waals surface area (Å²) in [5.41, 5.74) is 5.58. The zero-order chi connectivity index (χ0) is 10.7. The van der Waals surface area contributed by atoms with E-state index in [-0.39, 0.29) is 23.8 Å². The molecule has 1 aliphatic rings. The fraction of sp³-hybridized carbons (Fsp3) is 0.778. The molecule has 1 unspecified atom stereocenters. The highest BCUT2D eigenvalue weighted by Gasteiger charge is 2.33. The summed E-state index contributed by atoms with van der Waals surface area (Å²) in [5, 5.41) is 0. The van der Waals surface area contributed by atoms with E-state index in [9.17, 15) is 9.59 Å². The Morgan fingerprint density at radius 1 is 1.36 bits per heavy atom. The summed E-state index contributed by atoms with van der Waals surface area (Å²) in [6, 6.07) is -0.143.